The fourth-order valence-corrected chi connectivity index (χ4v) is 4.96. The molecular weight excluding hydrogens is 458 g/mol. The van der Waals surface area contributed by atoms with E-state index in [1.54, 1.807) is 26.8 Å². The predicted octanol–water partition coefficient (Wildman–Crippen LogP) is 2.59. The number of benzene rings is 2. The van der Waals surface area contributed by atoms with Gasteiger partial charge in [-0.1, -0.05) is 42.5 Å². The first-order valence-electron chi connectivity index (χ1n) is 12.6. The van der Waals surface area contributed by atoms with Crippen LogP contribution in [0, 0.1) is 5.92 Å². The molecule has 0 aromatic heterocycles. The van der Waals surface area contributed by atoms with E-state index < -0.39 is 6.10 Å². The van der Waals surface area contributed by atoms with Gasteiger partial charge >= 0.3 is 0 Å². The molecule has 0 bridgehead atoms. The van der Waals surface area contributed by atoms with Gasteiger partial charge in [0, 0.05) is 38.2 Å². The van der Waals surface area contributed by atoms with Gasteiger partial charge in [0.25, 0.3) is 5.91 Å². The number of piperidine rings is 1. The van der Waals surface area contributed by atoms with Gasteiger partial charge in [0.15, 0.2) is 6.10 Å². The largest absolute Gasteiger partial charge is 0.476 e. The molecule has 8 heteroatoms. The predicted molar refractivity (Wildman–Crippen MR) is 135 cm³/mol. The lowest BCUT2D eigenvalue weighted by Crippen LogP contribution is -2.55. The van der Waals surface area contributed by atoms with Gasteiger partial charge in [-0.05, 0) is 36.6 Å². The highest BCUT2D eigenvalue weighted by Gasteiger charge is 2.39. The van der Waals surface area contributed by atoms with Crippen molar-refractivity contribution in [2.24, 2.45) is 5.92 Å². The van der Waals surface area contributed by atoms with Crippen LogP contribution in [0.25, 0.3) is 6.08 Å². The Morgan fingerprint density at radius 1 is 0.806 bits per heavy atom. The van der Waals surface area contributed by atoms with Crippen LogP contribution in [0.2, 0.25) is 0 Å². The van der Waals surface area contributed by atoms with Crippen molar-refractivity contribution in [2.45, 2.75) is 18.9 Å². The maximum atomic E-state index is 13.7. The lowest BCUT2D eigenvalue weighted by atomic mass is 9.94. The van der Waals surface area contributed by atoms with Gasteiger partial charge in [-0.3, -0.25) is 14.4 Å². The number of morpholine rings is 1. The van der Waals surface area contributed by atoms with E-state index >= 15 is 0 Å². The van der Waals surface area contributed by atoms with Gasteiger partial charge in [0.1, 0.15) is 5.75 Å². The molecule has 3 aliphatic heterocycles. The van der Waals surface area contributed by atoms with Crippen LogP contribution in [0.15, 0.2) is 60.7 Å². The summed E-state index contributed by atoms with van der Waals surface area (Å²) in [5.74, 6) is 0.158. The van der Waals surface area contributed by atoms with Gasteiger partial charge in [-0.15, -0.1) is 0 Å². The Bertz CT molecular complexity index is 1120. The molecule has 0 spiro atoms. The molecule has 188 valence electrons. The lowest BCUT2D eigenvalue weighted by Gasteiger charge is -2.39. The van der Waals surface area contributed by atoms with E-state index in [0.717, 1.165) is 5.56 Å². The van der Waals surface area contributed by atoms with Crippen LogP contribution in [0.3, 0.4) is 0 Å². The number of amides is 3. The monoisotopic (exact) mass is 489 g/mol. The minimum atomic E-state index is -0.744. The zero-order chi connectivity index (χ0) is 24.9. The first-order chi connectivity index (χ1) is 17.6. The zero-order valence-corrected chi connectivity index (χ0v) is 20.3. The Kier molecular flexibility index (Phi) is 7.32. The highest BCUT2D eigenvalue weighted by molar-refractivity contribution is 5.99. The number of anilines is 1. The van der Waals surface area contributed by atoms with E-state index in [0.29, 0.717) is 63.7 Å². The van der Waals surface area contributed by atoms with Crippen LogP contribution in [-0.4, -0.2) is 79.6 Å². The molecular formula is C28H31N3O5. The van der Waals surface area contributed by atoms with Crippen molar-refractivity contribution in [3.8, 4) is 5.75 Å². The van der Waals surface area contributed by atoms with Gasteiger partial charge in [-0.25, -0.2) is 0 Å². The van der Waals surface area contributed by atoms with Crippen molar-refractivity contribution >= 4 is 29.5 Å². The van der Waals surface area contributed by atoms with Crippen LogP contribution in [0.4, 0.5) is 5.69 Å². The number of carbonyl (C=O) groups is 3. The smallest absolute Gasteiger partial charge is 0.265 e. The fraction of sp³-hybridized carbons (Fsp3) is 0.393. The first kappa shape index (κ1) is 24.1. The Morgan fingerprint density at radius 3 is 2.25 bits per heavy atom. The summed E-state index contributed by atoms with van der Waals surface area (Å²) >= 11 is 0. The maximum absolute atomic E-state index is 13.7. The number of hydrogen-bond acceptors (Lipinski definition) is 5. The Labute approximate surface area is 211 Å². The van der Waals surface area contributed by atoms with Crippen LogP contribution >= 0.6 is 0 Å². The topological polar surface area (TPSA) is 79.4 Å². The number of ether oxygens (including phenoxy) is 2. The molecule has 0 saturated carbocycles. The molecule has 2 saturated heterocycles. The number of fused-ring (bicyclic) bond motifs is 1. The minimum absolute atomic E-state index is 0.0162. The molecule has 1 unspecified atom stereocenters. The van der Waals surface area contributed by atoms with Gasteiger partial charge < -0.3 is 24.2 Å². The standard InChI is InChI=1S/C28H31N3O5/c32-26(11-10-21-6-2-1-3-7-21)29-14-12-22(13-15-29)27(33)31-20-25(28(34)30-16-18-35-19-17-30)36-24-9-5-4-8-23(24)31/h1-11,22,25H,12-20H2/b11-10+. The Balaban J connectivity index is 1.23. The van der Waals surface area contributed by atoms with Crippen LogP contribution < -0.4 is 9.64 Å². The number of hydrogen-bond donors (Lipinski definition) is 0. The summed E-state index contributed by atoms with van der Waals surface area (Å²) in [5, 5.41) is 0. The normalized spacial score (nSPS) is 20.7. The number of likely N-dealkylation sites (tertiary alicyclic amines) is 1. The summed E-state index contributed by atoms with van der Waals surface area (Å²) < 4.78 is 11.4. The molecule has 36 heavy (non-hydrogen) atoms. The molecule has 3 heterocycles. The van der Waals surface area contributed by atoms with E-state index in [1.165, 1.54) is 0 Å². The third-order valence-corrected chi connectivity index (χ3v) is 7.01. The van der Waals surface area contributed by atoms with Gasteiger partial charge in [0.2, 0.25) is 11.8 Å². The second kappa shape index (κ2) is 11.0. The molecule has 0 N–H and O–H groups in total. The number of para-hydroxylation sites is 2. The molecule has 8 nitrogen and oxygen atoms in total. The van der Waals surface area contributed by atoms with E-state index in [-0.39, 0.29) is 30.2 Å². The molecule has 3 amide bonds. The van der Waals surface area contributed by atoms with E-state index in [4.69, 9.17) is 9.47 Å². The molecule has 2 aromatic carbocycles. The average molecular weight is 490 g/mol. The van der Waals surface area contributed by atoms with Crippen LogP contribution in [0.1, 0.15) is 18.4 Å². The van der Waals surface area contributed by atoms with Crippen molar-refractivity contribution in [2.75, 3.05) is 50.8 Å². The number of carbonyl (C=O) groups excluding carboxylic acids is 3. The Hall–Kier alpha value is -3.65. The van der Waals surface area contributed by atoms with Crippen LogP contribution in [-0.2, 0) is 19.1 Å². The third kappa shape index (κ3) is 5.28. The molecule has 0 radical (unpaired) electrons. The molecule has 0 aliphatic carbocycles. The second-order valence-corrected chi connectivity index (χ2v) is 9.30. The molecule has 2 fully saturated rings. The quantitative estimate of drug-likeness (QED) is 0.617. The lowest BCUT2D eigenvalue weighted by molar-refractivity contribution is -0.143. The average Bonchev–Trinajstić information content (AvgIpc) is 2.95. The second-order valence-electron chi connectivity index (χ2n) is 9.30. The van der Waals surface area contributed by atoms with Crippen LogP contribution in [0.5, 0.6) is 5.75 Å². The van der Waals surface area contributed by atoms with E-state index in [2.05, 4.69) is 0 Å². The highest BCUT2D eigenvalue weighted by atomic mass is 16.5. The molecule has 2 aromatic rings. The number of rotatable bonds is 4. The summed E-state index contributed by atoms with van der Waals surface area (Å²) in [4.78, 5) is 44.7. The highest BCUT2D eigenvalue weighted by Crippen LogP contribution is 2.35. The molecule has 3 aliphatic rings. The zero-order valence-electron chi connectivity index (χ0n) is 20.3. The first-order valence-corrected chi connectivity index (χ1v) is 12.6. The van der Waals surface area contributed by atoms with Gasteiger partial charge in [-0.2, -0.15) is 0 Å². The maximum Gasteiger partial charge on any atom is 0.265 e. The van der Waals surface area contributed by atoms with Crippen molar-refractivity contribution < 1.29 is 23.9 Å². The van der Waals surface area contributed by atoms with E-state index in [1.807, 2.05) is 54.6 Å². The molecule has 1 atom stereocenters. The summed E-state index contributed by atoms with van der Waals surface area (Å²) in [6, 6.07) is 17.1. The van der Waals surface area contributed by atoms with Crippen molar-refractivity contribution in [3.63, 3.8) is 0 Å². The summed E-state index contributed by atoms with van der Waals surface area (Å²) in [6.07, 6.45) is 3.84. The van der Waals surface area contributed by atoms with E-state index in [9.17, 15) is 14.4 Å². The fourth-order valence-electron chi connectivity index (χ4n) is 4.96. The summed E-state index contributed by atoms with van der Waals surface area (Å²) in [7, 11) is 0. The Morgan fingerprint density at radius 2 is 1.50 bits per heavy atom. The number of nitrogens with zero attached hydrogens (tertiary/aromatic N) is 3. The summed E-state index contributed by atoms with van der Waals surface area (Å²) in [6.45, 7) is 3.31. The molecule has 5 rings (SSSR count). The van der Waals surface area contributed by atoms with Crippen molar-refractivity contribution in [1.29, 1.82) is 0 Å². The van der Waals surface area contributed by atoms with Crippen molar-refractivity contribution in [1.82, 2.24) is 9.80 Å². The SMILES string of the molecule is O=C(/C=C/c1ccccc1)N1CCC(C(=O)N2CC(C(=O)N3CCOCC3)Oc3ccccc32)CC1. The summed E-state index contributed by atoms with van der Waals surface area (Å²) in [5.41, 5.74) is 1.67. The van der Waals surface area contributed by atoms with Crippen molar-refractivity contribution in [3.05, 3.63) is 66.2 Å². The minimum Gasteiger partial charge on any atom is -0.476 e. The third-order valence-electron chi connectivity index (χ3n) is 7.01. The van der Waals surface area contributed by atoms with Gasteiger partial charge in [0.05, 0.1) is 25.4 Å².